The number of benzene rings is 2. The molecular weight excluding hydrogens is 323 g/mol. The predicted octanol–water partition coefficient (Wildman–Crippen LogP) is 2.76. The number of ether oxygens (including phenoxy) is 2. The molecule has 2 aromatic carbocycles. The van der Waals surface area contributed by atoms with Crippen LogP contribution in [0.3, 0.4) is 0 Å². The Morgan fingerprint density at radius 2 is 1.96 bits per heavy atom. The van der Waals surface area contributed by atoms with E-state index in [1.807, 2.05) is 12.1 Å². The minimum absolute atomic E-state index is 0.301. The van der Waals surface area contributed by atoms with Gasteiger partial charge < -0.3 is 9.47 Å². The molecule has 1 aliphatic heterocycles. The molecule has 1 aliphatic rings. The van der Waals surface area contributed by atoms with Crippen molar-refractivity contribution in [1.82, 2.24) is 0 Å². The first-order chi connectivity index (χ1) is 10.8. The van der Waals surface area contributed by atoms with E-state index in [0.717, 1.165) is 12.1 Å². The van der Waals surface area contributed by atoms with Crippen LogP contribution in [0.5, 0.6) is 11.5 Å². The fourth-order valence-corrected chi connectivity index (χ4v) is 3.12. The van der Waals surface area contributed by atoms with Crippen molar-refractivity contribution in [3.63, 3.8) is 0 Å². The van der Waals surface area contributed by atoms with E-state index in [1.165, 1.54) is 0 Å². The molecule has 0 saturated heterocycles. The van der Waals surface area contributed by atoms with Gasteiger partial charge in [-0.3, -0.25) is 4.55 Å². The van der Waals surface area contributed by atoms with Gasteiger partial charge in [0, 0.05) is 6.42 Å². The lowest BCUT2D eigenvalue weighted by Gasteiger charge is -2.27. The Morgan fingerprint density at radius 1 is 1.26 bits per heavy atom. The molecule has 0 saturated carbocycles. The summed E-state index contributed by atoms with van der Waals surface area (Å²) >= 11 is 0. The van der Waals surface area contributed by atoms with Gasteiger partial charge in [0.2, 0.25) is 0 Å². The summed E-state index contributed by atoms with van der Waals surface area (Å²) in [5.41, 5.74) is 1.16. The molecule has 23 heavy (non-hydrogen) atoms. The average molecular weight is 338 g/mol. The van der Waals surface area contributed by atoms with E-state index in [4.69, 9.17) is 14.0 Å². The molecule has 1 unspecified atom stereocenters. The molecule has 0 fully saturated rings. The zero-order chi connectivity index (χ0) is 16.6. The van der Waals surface area contributed by atoms with E-state index in [-0.39, 0.29) is 6.10 Å². The summed E-state index contributed by atoms with van der Waals surface area (Å²) in [5.74, 6) is 0.289. The van der Waals surface area contributed by atoms with Crippen LogP contribution in [0.1, 0.15) is 11.1 Å². The van der Waals surface area contributed by atoms with Gasteiger partial charge in [-0.2, -0.15) is 8.42 Å². The highest BCUT2D eigenvalue weighted by atomic mass is 32.2. The van der Waals surface area contributed by atoms with Gasteiger partial charge in [-0.1, -0.05) is 12.1 Å². The number of rotatable bonds is 3. The second kappa shape index (κ2) is 5.82. The first-order valence-corrected chi connectivity index (χ1v) is 8.43. The fraction of sp³-hybridized carbons (Fsp3) is 0.250. The van der Waals surface area contributed by atoms with Crippen LogP contribution in [0.15, 0.2) is 41.3 Å². The summed E-state index contributed by atoms with van der Waals surface area (Å²) in [4.78, 5) is -0.727. The van der Waals surface area contributed by atoms with Gasteiger partial charge in [0.25, 0.3) is 10.1 Å². The number of hydrogen-bond acceptors (Lipinski definition) is 4. The van der Waals surface area contributed by atoms with Crippen LogP contribution in [0, 0.1) is 12.7 Å². The van der Waals surface area contributed by atoms with Crippen molar-refractivity contribution in [2.45, 2.75) is 24.3 Å². The summed E-state index contributed by atoms with van der Waals surface area (Å²) in [6.07, 6.45) is 0.00601. The molecule has 0 bridgehead atoms. The van der Waals surface area contributed by atoms with Gasteiger partial charge in [0.1, 0.15) is 23.4 Å². The molecule has 1 N–H and O–H groups in total. The largest absolute Gasteiger partial charge is 0.486 e. The first-order valence-electron chi connectivity index (χ1n) is 6.99. The lowest BCUT2D eigenvalue weighted by atomic mass is 10.0. The summed E-state index contributed by atoms with van der Waals surface area (Å²) < 4.78 is 56.7. The molecule has 7 heteroatoms. The highest BCUT2D eigenvalue weighted by molar-refractivity contribution is 7.85. The third kappa shape index (κ3) is 3.30. The molecule has 0 radical (unpaired) electrons. The Hall–Kier alpha value is -2.12. The Labute approximate surface area is 133 Å². The third-order valence-corrected chi connectivity index (χ3v) is 4.55. The topological polar surface area (TPSA) is 72.8 Å². The third-order valence-electron chi connectivity index (χ3n) is 3.68. The quantitative estimate of drug-likeness (QED) is 0.871. The van der Waals surface area contributed by atoms with Crippen molar-refractivity contribution in [1.29, 1.82) is 0 Å². The van der Waals surface area contributed by atoms with Crippen LogP contribution in [-0.4, -0.2) is 25.7 Å². The molecule has 1 atom stereocenters. The second-order valence-corrected chi connectivity index (χ2v) is 6.78. The van der Waals surface area contributed by atoms with Crippen molar-refractivity contribution in [3.05, 3.63) is 53.3 Å². The number of hydrogen-bond donors (Lipinski definition) is 1. The highest BCUT2D eigenvalue weighted by Gasteiger charge is 2.24. The van der Waals surface area contributed by atoms with Crippen molar-refractivity contribution < 1.29 is 26.8 Å². The Morgan fingerprint density at radius 3 is 2.65 bits per heavy atom. The molecule has 0 spiro atoms. The number of fused-ring (bicyclic) bond motifs is 1. The van der Waals surface area contributed by atoms with Gasteiger partial charge in [0.15, 0.2) is 11.5 Å². The molecule has 0 aromatic heterocycles. The predicted molar refractivity (Wildman–Crippen MR) is 81.0 cm³/mol. The molecule has 3 rings (SSSR count). The zero-order valence-corrected chi connectivity index (χ0v) is 13.1. The molecule has 0 amide bonds. The minimum Gasteiger partial charge on any atom is -0.486 e. The van der Waals surface area contributed by atoms with E-state index in [1.54, 1.807) is 19.1 Å². The van der Waals surface area contributed by atoms with Crippen molar-refractivity contribution >= 4 is 10.1 Å². The highest BCUT2D eigenvalue weighted by Crippen LogP contribution is 2.32. The molecule has 1 heterocycles. The average Bonchev–Trinajstić information content (AvgIpc) is 2.48. The van der Waals surface area contributed by atoms with Crippen LogP contribution in [0.4, 0.5) is 4.39 Å². The maximum absolute atomic E-state index is 13.7. The monoisotopic (exact) mass is 338 g/mol. The molecule has 0 aliphatic carbocycles. The summed E-state index contributed by atoms with van der Waals surface area (Å²) in [6, 6.07) is 9.48. The summed E-state index contributed by atoms with van der Waals surface area (Å²) in [6.45, 7) is 1.97. The van der Waals surface area contributed by atoms with Crippen molar-refractivity contribution in [2.24, 2.45) is 0 Å². The number of para-hydroxylation sites is 2. The van der Waals surface area contributed by atoms with Gasteiger partial charge >= 0.3 is 0 Å². The summed E-state index contributed by atoms with van der Waals surface area (Å²) in [5, 5.41) is 0. The normalized spacial score (nSPS) is 17.1. The first kappa shape index (κ1) is 15.8. The van der Waals surface area contributed by atoms with Crippen molar-refractivity contribution in [2.75, 3.05) is 6.61 Å². The van der Waals surface area contributed by atoms with E-state index in [0.29, 0.717) is 35.7 Å². The van der Waals surface area contributed by atoms with Gasteiger partial charge in [-0.15, -0.1) is 0 Å². The lowest BCUT2D eigenvalue weighted by molar-refractivity contribution is 0.0911. The Balaban J connectivity index is 1.87. The Bertz CT molecular complexity index is 848. The van der Waals surface area contributed by atoms with Crippen LogP contribution >= 0.6 is 0 Å². The Kier molecular flexibility index (Phi) is 3.99. The van der Waals surface area contributed by atoms with E-state index >= 15 is 0 Å². The number of aryl methyl sites for hydroxylation is 1. The van der Waals surface area contributed by atoms with Crippen LogP contribution in [0.25, 0.3) is 0 Å². The van der Waals surface area contributed by atoms with Crippen LogP contribution in [-0.2, 0) is 16.5 Å². The standard InChI is InChI=1S/C16H15FO5S/c1-10-6-13(17)16(23(18,19)20)8-11(10)7-12-9-21-14-4-2-3-5-15(14)22-12/h2-6,8,12H,7,9H2,1H3,(H,18,19,20). The molecule has 5 nitrogen and oxygen atoms in total. The number of halogens is 1. The fourth-order valence-electron chi connectivity index (χ4n) is 2.52. The summed E-state index contributed by atoms with van der Waals surface area (Å²) in [7, 11) is -4.61. The lowest BCUT2D eigenvalue weighted by Crippen LogP contribution is -2.31. The molecule has 122 valence electrons. The van der Waals surface area contributed by atoms with Gasteiger partial charge in [0.05, 0.1) is 0 Å². The maximum atomic E-state index is 13.7. The minimum atomic E-state index is -4.61. The van der Waals surface area contributed by atoms with Crippen molar-refractivity contribution in [3.8, 4) is 11.5 Å². The van der Waals surface area contributed by atoms with E-state index in [9.17, 15) is 12.8 Å². The molecular formula is C16H15FO5S. The van der Waals surface area contributed by atoms with Crippen LogP contribution in [0.2, 0.25) is 0 Å². The van der Waals surface area contributed by atoms with Crippen LogP contribution < -0.4 is 9.47 Å². The SMILES string of the molecule is Cc1cc(F)c(S(=O)(=O)O)cc1CC1COc2ccccc2O1. The van der Waals surface area contributed by atoms with Gasteiger partial charge in [-0.25, -0.2) is 4.39 Å². The van der Waals surface area contributed by atoms with E-state index in [2.05, 4.69) is 0 Å². The second-order valence-electron chi connectivity index (χ2n) is 5.39. The maximum Gasteiger partial charge on any atom is 0.297 e. The van der Waals surface area contributed by atoms with Gasteiger partial charge in [-0.05, 0) is 42.3 Å². The van der Waals surface area contributed by atoms with E-state index < -0.39 is 20.8 Å². The smallest absolute Gasteiger partial charge is 0.297 e. The molecule has 2 aromatic rings. The zero-order valence-electron chi connectivity index (χ0n) is 12.3.